The first-order chi connectivity index (χ1) is 14.3. The number of esters is 1. The summed E-state index contributed by atoms with van der Waals surface area (Å²) in [5.74, 6) is -0.665. The summed E-state index contributed by atoms with van der Waals surface area (Å²) in [5, 5.41) is 0. The number of benzene rings is 2. The Balaban J connectivity index is 1.99. The fourth-order valence-corrected chi connectivity index (χ4v) is 3.64. The zero-order valence-electron chi connectivity index (χ0n) is 17.6. The molecule has 0 radical (unpaired) electrons. The van der Waals surface area contributed by atoms with E-state index in [0.717, 1.165) is 11.3 Å². The SMILES string of the molecule is COc1ccc(CN2C(=O)CC(c3ccc(F)cc3)C(C(=O)OC(C)C)=C2C)cc1. The number of ether oxygens (including phenoxy) is 2. The minimum atomic E-state index is -0.475. The van der Waals surface area contributed by atoms with Gasteiger partial charge in [-0.3, -0.25) is 4.79 Å². The van der Waals surface area contributed by atoms with Gasteiger partial charge in [0, 0.05) is 18.0 Å². The molecule has 0 aromatic heterocycles. The first kappa shape index (κ1) is 21.6. The molecule has 0 spiro atoms. The van der Waals surface area contributed by atoms with Crippen LogP contribution in [0.15, 0.2) is 59.8 Å². The van der Waals surface area contributed by atoms with Crippen molar-refractivity contribution < 1.29 is 23.5 Å². The number of carbonyl (C=O) groups is 2. The second-order valence-corrected chi connectivity index (χ2v) is 7.59. The number of allylic oxidation sites excluding steroid dienone is 1. The fraction of sp³-hybridized carbons (Fsp3) is 0.333. The molecular weight excluding hydrogens is 385 g/mol. The lowest BCUT2D eigenvalue weighted by atomic mass is 9.83. The van der Waals surface area contributed by atoms with Crippen molar-refractivity contribution in [3.8, 4) is 5.75 Å². The van der Waals surface area contributed by atoms with E-state index in [-0.39, 0.29) is 24.2 Å². The molecule has 2 aromatic carbocycles. The molecule has 1 aliphatic rings. The highest BCUT2D eigenvalue weighted by atomic mass is 19.1. The molecule has 2 aromatic rings. The quantitative estimate of drug-likeness (QED) is 0.653. The van der Waals surface area contributed by atoms with Crippen molar-refractivity contribution >= 4 is 11.9 Å². The molecule has 1 aliphatic heterocycles. The van der Waals surface area contributed by atoms with E-state index in [2.05, 4.69) is 0 Å². The van der Waals surface area contributed by atoms with Gasteiger partial charge >= 0.3 is 5.97 Å². The summed E-state index contributed by atoms with van der Waals surface area (Å²) in [7, 11) is 1.60. The first-order valence-electron chi connectivity index (χ1n) is 9.90. The first-order valence-corrected chi connectivity index (χ1v) is 9.90. The van der Waals surface area contributed by atoms with Crippen molar-refractivity contribution in [3.63, 3.8) is 0 Å². The molecule has 1 heterocycles. The maximum atomic E-state index is 13.4. The maximum Gasteiger partial charge on any atom is 0.336 e. The van der Waals surface area contributed by atoms with Crippen molar-refractivity contribution in [1.82, 2.24) is 4.90 Å². The summed E-state index contributed by atoms with van der Waals surface area (Å²) >= 11 is 0. The second-order valence-electron chi connectivity index (χ2n) is 7.59. The fourth-order valence-electron chi connectivity index (χ4n) is 3.64. The van der Waals surface area contributed by atoms with Gasteiger partial charge in [0.15, 0.2) is 0 Å². The molecule has 3 rings (SSSR count). The third kappa shape index (κ3) is 4.70. The van der Waals surface area contributed by atoms with Gasteiger partial charge in [-0.25, -0.2) is 9.18 Å². The van der Waals surface area contributed by atoms with Gasteiger partial charge in [-0.2, -0.15) is 0 Å². The van der Waals surface area contributed by atoms with Crippen LogP contribution in [0.25, 0.3) is 0 Å². The highest BCUT2D eigenvalue weighted by molar-refractivity contribution is 5.96. The van der Waals surface area contributed by atoms with Crippen LogP contribution in [-0.2, 0) is 20.9 Å². The predicted octanol–water partition coefficient (Wildman–Crippen LogP) is 4.58. The third-order valence-corrected chi connectivity index (χ3v) is 5.16. The Morgan fingerprint density at radius 3 is 2.33 bits per heavy atom. The van der Waals surface area contributed by atoms with E-state index in [0.29, 0.717) is 23.4 Å². The standard InChI is InChI=1S/C24H26FNO4/c1-15(2)30-24(28)23-16(3)26(14-17-5-11-20(29-4)12-6-17)22(27)13-21(23)18-7-9-19(25)10-8-18/h5-12,15,21H,13-14H2,1-4H3. The van der Waals surface area contributed by atoms with E-state index in [1.54, 1.807) is 44.9 Å². The Kier molecular flexibility index (Phi) is 6.55. The molecule has 0 aliphatic carbocycles. The molecule has 0 bridgehead atoms. The number of amides is 1. The normalized spacial score (nSPS) is 16.8. The lowest BCUT2D eigenvalue weighted by molar-refractivity contribution is -0.143. The Labute approximate surface area is 176 Å². The Morgan fingerprint density at radius 1 is 1.13 bits per heavy atom. The van der Waals surface area contributed by atoms with E-state index in [1.165, 1.54) is 12.1 Å². The topological polar surface area (TPSA) is 55.8 Å². The molecule has 1 atom stereocenters. The summed E-state index contributed by atoms with van der Waals surface area (Å²) < 4.78 is 24.1. The third-order valence-electron chi connectivity index (χ3n) is 5.16. The molecule has 30 heavy (non-hydrogen) atoms. The minimum Gasteiger partial charge on any atom is -0.497 e. The zero-order chi connectivity index (χ0) is 21.8. The van der Waals surface area contributed by atoms with E-state index in [9.17, 15) is 14.0 Å². The van der Waals surface area contributed by atoms with E-state index in [4.69, 9.17) is 9.47 Å². The lowest BCUT2D eigenvalue weighted by Crippen LogP contribution is -2.38. The van der Waals surface area contributed by atoms with Crippen LogP contribution < -0.4 is 4.74 Å². The number of rotatable bonds is 6. The summed E-state index contributed by atoms with van der Waals surface area (Å²) in [6, 6.07) is 13.3. The van der Waals surface area contributed by atoms with Gasteiger partial charge in [-0.15, -0.1) is 0 Å². The molecule has 6 heteroatoms. The van der Waals surface area contributed by atoms with Crippen LogP contribution in [0.2, 0.25) is 0 Å². The lowest BCUT2D eigenvalue weighted by Gasteiger charge is -2.35. The van der Waals surface area contributed by atoms with Crippen LogP contribution in [0.4, 0.5) is 4.39 Å². The Bertz CT molecular complexity index is 948. The molecule has 0 saturated carbocycles. The van der Waals surface area contributed by atoms with Gasteiger partial charge in [0.25, 0.3) is 0 Å². The van der Waals surface area contributed by atoms with Crippen LogP contribution in [0.5, 0.6) is 5.75 Å². The van der Waals surface area contributed by atoms with Crippen LogP contribution in [0, 0.1) is 5.82 Å². The minimum absolute atomic E-state index is 0.0984. The van der Waals surface area contributed by atoms with Crippen LogP contribution in [-0.4, -0.2) is 30.0 Å². The molecule has 158 valence electrons. The second kappa shape index (κ2) is 9.11. The van der Waals surface area contributed by atoms with E-state index < -0.39 is 11.9 Å². The van der Waals surface area contributed by atoms with Gasteiger partial charge in [-0.1, -0.05) is 24.3 Å². The van der Waals surface area contributed by atoms with Crippen molar-refractivity contribution in [3.05, 3.63) is 76.7 Å². The van der Waals surface area contributed by atoms with Crippen molar-refractivity contribution in [2.45, 2.75) is 45.8 Å². The number of hydrogen-bond acceptors (Lipinski definition) is 4. The predicted molar refractivity (Wildman–Crippen MR) is 111 cm³/mol. The van der Waals surface area contributed by atoms with Gasteiger partial charge in [-0.05, 0) is 56.2 Å². The Morgan fingerprint density at radius 2 is 1.77 bits per heavy atom. The number of carbonyl (C=O) groups excluding carboxylic acids is 2. The van der Waals surface area contributed by atoms with Crippen molar-refractivity contribution in [2.24, 2.45) is 0 Å². The van der Waals surface area contributed by atoms with Crippen LogP contribution in [0.1, 0.15) is 44.2 Å². The number of methoxy groups -OCH3 is 1. The largest absolute Gasteiger partial charge is 0.497 e. The van der Waals surface area contributed by atoms with Gasteiger partial charge in [0.2, 0.25) is 5.91 Å². The number of halogens is 1. The molecular formula is C24H26FNO4. The molecule has 0 fully saturated rings. The molecule has 5 nitrogen and oxygen atoms in total. The van der Waals surface area contributed by atoms with Crippen LogP contribution >= 0.6 is 0 Å². The zero-order valence-corrected chi connectivity index (χ0v) is 17.6. The van der Waals surface area contributed by atoms with E-state index in [1.807, 2.05) is 24.3 Å². The summed E-state index contributed by atoms with van der Waals surface area (Å²) in [6.45, 7) is 5.66. The highest BCUT2D eigenvalue weighted by Gasteiger charge is 2.37. The molecule has 1 unspecified atom stereocenters. The number of nitrogens with zero attached hydrogens (tertiary/aromatic N) is 1. The van der Waals surface area contributed by atoms with Crippen molar-refractivity contribution in [1.29, 1.82) is 0 Å². The Hall–Kier alpha value is -3.15. The van der Waals surface area contributed by atoms with E-state index >= 15 is 0 Å². The van der Waals surface area contributed by atoms with Crippen molar-refractivity contribution in [2.75, 3.05) is 7.11 Å². The molecule has 1 amide bonds. The van der Waals surface area contributed by atoms with Crippen LogP contribution in [0.3, 0.4) is 0 Å². The summed E-state index contributed by atoms with van der Waals surface area (Å²) in [6.07, 6.45) is -0.180. The number of hydrogen-bond donors (Lipinski definition) is 0. The maximum absolute atomic E-state index is 13.4. The van der Waals surface area contributed by atoms with Gasteiger partial charge in [0.1, 0.15) is 11.6 Å². The average Bonchev–Trinajstić information content (AvgIpc) is 2.71. The van der Waals surface area contributed by atoms with Gasteiger partial charge in [0.05, 0.1) is 25.3 Å². The highest BCUT2D eigenvalue weighted by Crippen LogP contribution is 2.38. The molecule has 0 saturated heterocycles. The summed E-state index contributed by atoms with van der Waals surface area (Å²) in [5.41, 5.74) is 2.62. The van der Waals surface area contributed by atoms with Gasteiger partial charge < -0.3 is 14.4 Å². The average molecular weight is 411 g/mol. The summed E-state index contributed by atoms with van der Waals surface area (Å²) in [4.78, 5) is 27.6. The monoisotopic (exact) mass is 411 g/mol. The smallest absolute Gasteiger partial charge is 0.336 e. The molecule has 0 N–H and O–H groups in total.